The van der Waals surface area contributed by atoms with E-state index >= 15 is 0 Å². The lowest BCUT2D eigenvalue weighted by Gasteiger charge is -2.35. The third kappa shape index (κ3) is 2.84. The van der Waals surface area contributed by atoms with Crippen molar-refractivity contribution < 1.29 is 9.59 Å². The van der Waals surface area contributed by atoms with Crippen LogP contribution in [0.2, 0.25) is 10.0 Å². The molecule has 7 heteroatoms. The first kappa shape index (κ1) is 16.6. The highest BCUT2D eigenvalue weighted by molar-refractivity contribution is 6.52. The number of imide groups is 1. The Morgan fingerprint density at radius 2 is 1.78 bits per heavy atom. The molecule has 4 nitrogen and oxygen atoms in total. The summed E-state index contributed by atoms with van der Waals surface area (Å²) >= 11 is 18.1. The lowest BCUT2D eigenvalue weighted by molar-refractivity contribution is -0.121. The monoisotopic (exact) mass is 372 g/mol. The highest BCUT2D eigenvalue weighted by Crippen LogP contribution is 2.36. The number of carbonyl (C=O) groups is 2. The van der Waals surface area contributed by atoms with Gasteiger partial charge in [0, 0.05) is 12.6 Å². The molecule has 0 spiro atoms. The third-order valence-corrected chi connectivity index (χ3v) is 5.34. The van der Waals surface area contributed by atoms with E-state index in [9.17, 15) is 9.59 Å². The van der Waals surface area contributed by atoms with Gasteiger partial charge in [0.1, 0.15) is 10.7 Å². The quantitative estimate of drug-likeness (QED) is 0.730. The van der Waals surface area contributed by atoms with Gasteiger partial charge in [-0.1, -0.05) is 34.8 Å². The molecular formula is C16H15Cl3N2O2. The lowest BCUT2D eigenvalue weighted by atomic mass is 10.0. The van der Waals surface area contributed by atoms with Crippen molar-refractivity contribution >= 4 is 52.3 Å². The van der Waals surface area contributed by atoms with E-state index in [1.54, 1.807) is 12.1 Å². The molecule has 0 radical (unpaired) electrons. The molecule has 0 bridgehead atoms. The molecule has 2 aliphatic rings. The van der Waals surface area contributed by atoms with Gasteiger partial charge in [-0.2, -0.15) is 0 Å². The summed E-state index contributed by atoms with van der Waals surface area (Å²) in [5.41, 5.74) is 0.655. The van der Waals surface area contributed by atoms with Crippen molar-refractivity contribution in [3.05, 3.63) is 39.0 Å². The van der Waals surface area contributed by atoms with Gasteiger partial charge in [0.05, 0.1) is 15.7 Å². The summed E-state index contributed by atoms with van der Waals surface area (Å²) in [5.74, 6) is -0.935. The van der Waals surface area contributed by atoms with Crippen molar-refractivity contribution in [3.63, 3.8) is 0 Å². The van der Waals surface area contributed by atoms with Gasteiger partial charge in [-0.25, -0.2) is 4.90 Å². The standard InChI is InChI=1S/C16H15Cl3N2O2/c1-9-4-2-3-7-20(9)14-13(19)15(22)21(16(14)23)10-5-6-11(17)12(18)8-10/h5-6,8-9H,2-4,7H2,1H3. The fourth-order valence-electron chi connectivity index (χ4n) is 3.03. The molecule has 1 fully saturated rings. The Balaban J connectivity index is 1.96. The Hall–Kier alpha value is -1.23. The molecule has 2 heterocycles. The normalized spacial score (nSPS) is 22.3. The van der Waals surface area contributed by atoms with E-state index in [0.717, 1.165) is 30.7 Å². The second-order valence-corrected chi connectivity index (χ2v) is 6.94. The summed E-state index contributed by atoms with van der Waals surface area (Å²) in [5, 5.41) is 0.606. The Morgan fingerprint density at radius 3 is 2.43 bits per heavy atom. The number of anilines is 1. The molecule has 0 aliphatic carbocycles. The number of hydrogen-bond acceptors (Lipinski definition) is 3. The number of nitrogens with zero attached hydrogens (tertiary/aromatic N) is 2. The van der Waals surface area contributed by atoms with Crippen LogP contribution in [0.15, 0.2) is 28.9 Å². The number of rotatable bonds is 2. The molecule has 1 atom stereocenters. The minimum Gasteiger partial charge on any atom is -0.363 e. The number of halogens is 3. The van der Waals surface area contributed by atoms with E-state index in [2.05, 4.69) is 0 Å². The number of amides is 2. The van der Waals surface area contributed by atoms with Crippen molar-refractivity contribution in [1.29, 1.82) is 0 Å². The number of likely N-dealkylation sites (tertiary alicyclic amines) is 1. The van der Waals surface area contributed by atoms with E-state index in [4.69, 9.17) is 34.8 Å². The van der Waals surface area contributed by atoms with E-state index < -0.39 is 11.8 Å². The highest BCUT2D eigenvalue weighted by atomic mass is 35.5. The van der Waals surface area contributed by atoms with Gasteiger partial charge in [-0.15, -0.1) is 0 Å². The Kier molecular flexibility index (Phi) is 4.59. The van der Waals surface area contributed by atoms with Crippen molar-refractivity contribution in [3.8, 4) is 0 Å². The second-order valence-electron chi connectivity index (χ2n) is 5.74. The Bertz CT molecular complexity index is 717. The van der Waals surface area contributed by atoms with Crippen LogP contribution in [-0.4, -0.2) is 29.3 Å². The number of hydrogen-bond donors (Lipinski definition) is 0. The predicted molar refractivity (Wildman–Crippen MR) is 91.9 cm³/mol. The smallest absolute Gasteiger partial charge is 0.283 e. The van der Waals surface area contributed by atoms with E-state index in [0.29, 0.717) is 10.7 Å². The molecule has 1 aromatic rings. The fourth-order valence-corrected chi connectivity index (χ4v) is 3.60. The molecule has 1 aromatic carbocycles. The molecular weight excluding hydrogens is 359 g/mol. The summed E-state index contributed by atoms with van der Waals surface area (Å²) in [7, 11) is 0. The van der Waals surface area contributed by atoms with Crippen LogP contribution in [0.1, 0.15) is 26.2 Å². The van der Waals surface area contributed by atoms with Crippen LogP contribution in [0.4, 0.5) is 5.69 Å². The zero-order chi connectivity index (χ0) is 16.7. The minimum absolute atomic E-state index is 0.0326. The third-order valence-electron chi connectivity index (χ3n) is 4.26. The fraction of sp³-hybridized carbons (Fsp3) is 0.375. The van der Waals surface area contributed by atoms with Crippen LogP contribution in [-0.2, 0) is 9.59 Å². The van der Waals surface area contributed by atoms with Crippen molar-refractivity contribution in [1.82, 2.24) is 4.90 Å². The van der Waals surface area contributed by atoms with Gasteiger partial charge < -0.3 is 4.90 Å². The Labute approximate surface area is 149 Å². The summed E-state index contributed by atoms with van der Waals surface area (Å²) in [6.07, 6.45) is 3.06. The first-order valence-electron chi connectivity index (χ1n) is 7.42. The summed E-state index contributed by atoms with van der Waals surface area (Å²) in [4.78, 5) is 28.3. The molecule has 122 valence electrons. The van der Waals surface area contributed by atoms with Crippen LogP contribution in [0.25, 0.3) is 0 Å². The molecule has 2 amide bonds. The average molecular weight is 374 g/mol. The SMILES string of the molecule is CC1CCCCN1C1=C(Cl)C(=O)N(c2ccc(Cl)c(Cl)c2)C1=O. The zero-order valence-corrected chi connectivity index (χ0v) is 14.8. The highest BCUT2D eigenvalue weighted by Gasteiger charge is 2.42. The van der Waals surface area contributed by atoms with Crippen LogP contribution >= 0.6 is 34.8 Å². The van der Waals surface area contributed by atoms with E-state index in [1.165, 1.54) is 6.07 Å². The summed E-state index contributed by atoms with van der Waals surface area (Å²) < 4.78 is 0. The molecule has 23 heavy (non-hydrogen) atoms. The molecule has 2 aliphatic heterocycles. The van der Waals surface area contributed by atoms with Crippen LogP contribution in [0, 0.1) is 0 Å². The van der Waals surface area contributed by atoms with Crippen LogP contribution in [0.5, 0.6) is 0 Å². The molecule has 3 rings (SSSR count). The molecule has 1 saturated heterocycles. The maximum Gasteiger partial charge on any atom is 0.283 e. The molecule has 0 saturated carbocycles. The van der Waals surface area contributed by atoms with Crippen molar-refractivity contribution in [2.45, 2.75) is 32.2 Å². The van der Waals surface area contributed by atoms with Gasteiger partial charge in [0.2, 0.25) is 0 Å². The molecule has 0 N–H and O–H groups in total. The number of piperidine rings is 1. The molecule has 0 aromatic heterocycles. The van der Waals surface area contributed by atoms with Crippen molar-refractivity contribution in [2.75, 3.05) is 11.4 Å². The maximum atomic E-state index is 12.8. The first-order valence-corrected chi connectivity index (χ1v) is 8.55. The molecule has 1 unspecified atom stereocenters. The van der Waals surface area contributed by atoms with Crippen LogP contribution in [0.3, 0.4) is 0 Å². The average Bonchev–Trinajstić information content (AvgIpc) is 2.73. The second kappa shape index (κ2) is 6.34. The number of carbonyl (C=O) groups excluding carboxylic acids is 2. The number of benzene rings is 1. The topological polar surface area (TPSA) is 40.6 Å². The van der Waals surface area contributed by atoms with Gasteiger partial charge in [0.25, 0.3) is 11.8 Å². The lowest BCUT2D eigenvalue weighted by Crippen LogP contribution is -2.41. The van der Waals surface area contributed by atoms with Crippen LogP contribution < -0.4 is 4.90 Å². The van der Waals surface area contributed by atoms with Crippen molar-refractivity contribution in [2.24, 2.45) is 0 Å². The minimum atomic E-state index is -0.525. The Morgan fingerprint density at radius 1 is 1.04 bits per heavy atom. The first-order chi connectivity index (χ1) is 10.9. The van der Waals surface area contributed by atoms with Gasteiger partial charge in [-0.05, 0) is 44.4 Å². The summed E-state index contributed by atoms with van der Waals surface area (Å²) in [6.45, 7) is 2.76. The van der Waals surface area contributed by atoms with E-state index in [1.807, 2.05) is 11.8 Å². The van der Waals surface area contributed by atoms with E-state index in [-0.39, 0.29) is 21.8 Å². The van der Waals surface area contributed by atoms with Gasteiger partial charge >= 0.3 is 0 Å². The predicted octanol–water partition coefficient (Wildman–Crippen LogP) is 4.19. The van der Waals surface area contributed by atoms with Gasteiger partial charge in [-0.3, -0.25) is 9.59 Å². The summed E-state index contributed by atoms with van der Waals surface area (Å²) in [6, 6.07) is 4.80. The van der Waals surface area contributed by atoms with Gasteiger partial charge in [0.15, 0.2) is 0 Å². The maximum absolute atomic E-state index is 12.8. The largest absolute Gasteiger partial charge is 0.363 e. The zero-order valence-electron chi connectivity index (χ0n) is 12.5.